The van der Waals surface area contributed by atoms with Crippen LogP contribution >= 0.6 is 11.6 Å². The molecule has 1 fully saturated rings. The van der Waals surface area contributed by atoms with Crippen molar-refractivity contribution in [3.63, 3.8) is 0 Å². The molecule has 19 heavy (non-hydrogen) atoms. The number of hydrogen-bond donors (Lipinski definition) is 1. The van der Waals surface area contributed by atoms with Gasteiger partial charge in [0.15, 0.2) is 0 Å². The lowest BCUT2D eigenvalue weighted by atomic mass is 10.1. The molecule has 2 unspecified atom stereocenters. The number of amides is 1. The minimum Gasteiger partial charge on any atom is -0.385 e. The van der Waals surface area contributed by atoms with Crippen molar-refractivity contribution in [2.45, 2.75) is 25.6 Å². The Labute approximate surface area is 118 Å². The van der Waals surface area contributed by atoms with Gasteiger partial charge in [-0.15, -0.1) is 0 Å². The molecule has 1 aliphatic rings. The molecule has 1 heterocycles. The molecule has 0 saturated carbocycles. The van der Waals surface area contributed by atoms with Crippen molar-refractivity contribution in [3.8, 4) is 0 Å². The summed E-state index contributed by atoms with van der Waals surface area (Å²) in [5.74, 6) is 0.128. The van der Waals surface area contributed by atoms with Gasteiger partial charge in [0, 0.05) is 24.8 Å². The van der Waals surface area contributed by atoms with Gasteiger partial charge in [-0.3, -0.25) is 10.1 Å². The van der Waals surface area contributed by atoms with Gasteiger partial charge in [-0.25, -0.2) is 0 Å². The summed E-state index contributed by atoms with van der Waals surface area (Å²) in [6, 6.07) is 7.74. The van der Waals surface area contributed by atoms with Gasteiger partial charge in [-0.1, -0.05) is 23.7 Å². The topological polar surface area (TPSA) is 41.6 Å². The van der Waals surface area contributed by atoms with E-state index in [1.165, 1.54) is 0 Å². The Kier molecular flexibility index (Phi) is 4.80. The average Bonchev–Trinajstić information content (AvgIpc) is 2.79. The maximum Gasteiger partial charge on any atom is 0.238 e. The lowest BCUT2D eigenvalue weighted by Gasteiger charge is -2.30. The number of hydrogen-bond acceptors (Lipinski definition) is 3. The predicted molar refractivity (Wildman–Crippen MR) is 75.0 cm³/mol. The highest BCUT2D eigenvalue weighted by molar-refractivity contribution is 6.30. The van der Waals surface area contributed by atoms with Gasteiger partial charge in [-0.2, -0.15) is 0 Å². The third-order valence-electron chi connectivity index (χ3n) is 3.41. The highest BCUT2D eigenvalue weighted by Gasteiger charge is 2.34. The quantitative estimate of drug-likeness (QED) is 0.900. The molecule has 5 heteroatoms. The summed E-state index contributed by atoms with van der Waals surface area (Å²) in [7, 11) is 1.67. The van der Waals surface area contributed by atoms with Crippen LogP contribution in [0.4, 0.5) is 0 Å². The second-order valence-corrected chi connectivity index (χ2v) is 5.20. The highest BCUT2D eigenvalue weighted by Crippen LogP contribution is 2.26. The standard InChI is InChI=1S/C14H19ClN2O2/c1-10(7-8-19-2)17-13(18)9-16-14(17)11-3-5-12(15)6-4-11/h3-6,10,14,16H,7-9H2,1-2H3. The summed E-state index contributed by atoms with van der Waals surface area (Å²) in [6.45, 7) is 3.08. The van der Waals surface area contributed by atoms with Crippen LogP contribution in [0, 0.1) is 0 Å². The van der Waals surface area contributed by atoms with Crippen molar-refractivity contribution in [1.82, 2.24) is 10.2 Å². The van der Waals surface area contributed by atoms with Crippen molar-refractivity contribution in [1.29, 1.82) is 0 Å². The summed E-state index contributed by atoms with van der Waals surface area (Å²) >= 11 is 5.90. The summed E-state index contributed by atoms with van der Waals surface area (Å²) < 4.78 is 5.09. The SMILES string of the molecule is COCCC(C)N1C(=O)CNC1c1ccc(Cl)cc1. The molecule has 0 aromatic heterocycles. The lowest BCUT2D eigenvalue weighted by Crippen LogP contribution is -2.38. The van der Waals surface area contributed by atoms with Gasteiger partial charge < -0.3 is 9.64 Å². The van der Waals surface area contributed by atoms with E-state index in [9.17, 15) is 4.79 Å². The van der Waals surface area contributed by atoms with Gasteiger partial charge in [-0.05, 0) is 31.0 Å². The molecule has 2 rings (SSSR count). The molecule has 4 nitrogen and oxygen atoms in total. The molecule has 2 atom stereocenters. The maximum atomic E-state index is 12.0. The second kappa shape index (κ2) is 6.37. The molecule has 104 valence electrons. The van der Waals surface area contributed by atoms with Crippen LogP contribution in [0.25, 0.3) is 0 Å². The number of carbonyl (C=O) groups excluding carboxylic acids is 1. The zero-order chi connectivity index (χ0) is 13.8. The number of rotatable bonds is 5. The van der Waals surface area contributed by atoms with Crippen molar-refractivity contribution in [2.75, 3.05) is 20.3 Å². The monoisotopic (exact) mass is 282 g/mol. The second-order valence-electron chi connectivity index (χ2n) is 4.77. The van der Waals surface area contributed by atoms with Gasteiger partial charge in [0.2, 0.25) is 5.91 Å². The fourth-order valence-corrected chi connectivity index (χ4v) is 2.49. The average molecular weight is 283 g/mol. The third-order valence-corrected chi connectivity index (χ3v) is 3.67. The van der Waals surface area contributed by atoms with E-state index in [0.29, 0.717) is 18.2 Å². The van der Waals surface area contributed by atoms with E-state index in [1.807, 2.05) is 36.1 Å². The molecule has 1 aliphatic heterocycles. The molecule has 0 bridgehead atoms. The van der Waals surface area contributed by atoms with E-state index in [2.05, 4.69) is 5.32 Å². The van der Waals surface area contributed by atoms with E-state index < -0.39 is 0 Å². The van der Waals surface area contributed by atoms with Crippen LogP contribution in [-0.2, 0) is 9.53 Å². The van der Waals surface area contributed by atoms with E-state index >= 15 is 0 Å². The number of ether oxygens (including phenoxy) is 1. The van der Waals surface area contributed by atoms with Crippen LogP contribution in [0.1, 0.15) is 25.1 Å². The Morgan fingerprint density at radius 1 is 1.47 bits per heavy atom. The van der Waals surface area contributed by atoms with E-state index in [4.69, 9.17) is 16.3 Å². The van der Waals surface area contributed by atoms with Crippen LogP contribution in [0.5, 0.6) is 0 Å². The van der Waals surface area contributed by atoms with E-state index in [1.54, 1.807) is 7.11 Å². The lowest BCUT2D eigenvalue weighted by molar-refractivity contribution is -0.130. The first-order chi connectivity index (χ1) is 9.13. The summed E-state index contributed by atoms with van der Waals surface area (Å²) in [4.78, 5) is 13.9. The fourth-order valence-electron chi connectivity index (χ4n) is 2.37. The van der Waals surface area contributed by atoms with Gasteiger partial charge >= 0.3 is 0 Å². The van der Waals surface area contributed by atoms with Crippen LogP contribution in [0.15, 0.2) is 24.3 Å². The fraction of sp³-hybridized carbons (Fsp3) is 0.500. The zero-order valence-electron chi connectivity index (χ0n) is 11.2. The van der Waals surface area contributed by atoms with Crippen molar-refractivity contribution < 1.29 is 9.53 Å². The number of benzene rings is 1. The van der Waals surface area contributed by atoms with E-state index in [-0.39, 0.29) is 18.1 Å². The molecule has 1 N–H and O–H groups in total. The minimum absolute atomic E-state index is 0.0726. The predicted octanol–water partition coefficient (Wildman–Crippen LogP) is 2.20. The molecular weight excluding hydrogens is 264 g/mol. The number of halogens is 1. The number of methoxy groups -OCH3 is 1. The van der Waals surface area contributed by atoms with Gasteiger partial charge in [0.05, 0.1) is 6.54 Å². The first-order valence-electron chi connectivity index (χ1n) is 6.42. The van der Waals surface area contributed by atoms with Crippen LogP contribution in [-0.4, -0.2) is 37.1 Å². The Balaban J connectivity index is 2.14. The highest BCUT2D eigenvalue weighted by atomic mass is 35.5. The van der Waals surface area contributed by atoms with E-state index in [0.717, 1.165) is 12.0 Å². The van der Waals surface area contributed by atoms with Crippen LogP contribution in [0.2, 0.25) is 5.02 Å². The van der Waals surface area contributed by atoms with Crippen molar-refractivity contribution in [2.24, 2.45) is 0 Å². The van der Waals surface area contributed by atoms with Gasteiger partial charge in [0.25, 0.3) is 0 Å². The molecular formula is C14H19ClN2O2. The normalized spacial score (nSPS) is 20.9. The summed E-state index contributed by atoms with van der Waals surface area (Å²) in [6.07, 6.45) is 0.755. The Morgan fingerprint density at radius 3 is 2.79 bits per heavy atom. The molecule has 1 amide bonds. The van der Waals surface area contributed by atoms with Crippen LogP contribution < -0.4 is 5.32 Å². The largest absolute Gasteiger partial charge is 0.385 e. The smallest absolute Gasteiger partial charge is 0.238 e. The Hall–Kier alpha value is -1.10. The molecule has 0 aliphatic carbocycles. The number of carbonyl (C=O) groups is 1. The van der Waals surface area contributed by atoms with Crippen molar-refractivity contribution >= 4 is 17.5 Å². The van der Waals surface area contributed by atoms with Crippen LogP contribution in [0.3, 0.4) is 0 Å². The molecule has 1 saturated heterocycles. The maximum absolute atomic E-state index is 12.0. The zero-order valence-corrected chi connectivity index (χ0v) is 12.0. The molecule has 1 aromatic carbocycles. The minimum atomic E-state index is -0.0726. The Bertz CT molecular complexity index is 436. The van der Waals surface area contributed by atoms with Crippen molar-refractivity contribution in [3.05, 3.63) is 34.9 Å². The third kappa shape index (κ3) is 3.26. The molecule has 0 radical (unpaired) electrons. The summed E-state index contributed by atoms with van der Waals surface area (Å²) in [5.41, 5.74) is 1.06. The number of nitrogens with zero attached hydrogens (tertiary/aromatic N) is 1. The Morgan fingerprint density at radius 2 is 2.16 bits per heavy atom. The first kappa shape index (κ1) is 14.3. The first-order valence-corrected chi connectivity index (χ1v) is 6.80. The molecule has 1 aromatic rings. The summed E-state index contributed by atoms with van der Waals surface area (Å²) in [5, 5.41) is 3.94. The van der Waals surface area contributed by atoms with Gasteiger partial charge in [0.1, 0.15) is 6.17 Å². The molecule has 0 spiro atoms. The number of nitrogens with one attached hydrogen (secondary N) is 1.